The Morgan fingerprint density at radius 1 is 1.50 bits per heavy atom. The number of benzene rings is 1. The highest BCUT2D eigenvalue weighted by molar-refractivity contribution is 7.99. The van der Waals surface area contributed by atoms with Crippen molar-refractivity contribution in [3.63, 3.8) is 0 Å². The molecule has 0 aliphatic carbocycles. The van der Waals surface area contributed by atoms with E-state index in [-0.39, 0.29) is 11.9 Å². The Balaban J connectivity index is 1.74. The molecule has 22 heavy (non-hydrogen) atoms. The molecule has 0 saturated carbocycles. The molecule has 1 atom stereocenters. The molecular weight excluding hydrogens is 320 g/mol. The van der Waals surface area contributed by atoms with Crippen LogP contribution in [0, 0.1) is 13.8 Å². The smallest absolute Gasteiger partial charge is 0.225 e. The number of aromatic nitrogens is 1. The van der Waals surface area contributed by atoms with Crippen molar-refractivity contribution < 1.29 is 9.32 Å². The van der Waals surface area contributed by atoms with Crippen LogP contribution in [-0.4, -0.2) is 16.8 Å². The fraction of sp³-hybridized carbons (Fsp3) is 0.375. The van der Waals surface area contributed by atoms with Crippen LogP contribution < -0.4 is 5.32 Å². The first-order valence-corrected chi connectivity index (χ1v) is 8.54. The quantitative estimate of drug-likeness (QED) is 0.925. The lowest BCUT2D eigenvalue weighted by Crippen LogP contribution is -2.32. The minimum absolute atomic E-state index is 0.0165. The van der Waals surface area contributed by atoms with Gasteiger partial charge in [-0.05, 0) is 44.0 Å². The minimum atomic E-state index is -0.0165. The summed E-state index contributed by atoms with van der Waals surface area (Å²) < 4.78 is 5.11. The van der Waals surface area contributed by atoms with E-state index in [1.807, 2.05) is 32.0 Å². The number of carbonyl (C=O) groups is 1. The van der Waals surface area contributed by atoms with Crippen LogP contribution in [0.25, 0.3) is 0 Å². The van der Waals surface area contributed by atoms with Crippen molar-refractivity contribution in [2.45, 2.75) is 37.6 Å². The van der Waals surface area contributed by atoms with Gasteiger partial charge in [0.25, 0.3) is 0 Å². The van der Waals surface area contributed by atoms with Crippen LogP contribution in [0.1, 0.15) is 35.0 Å². The summed E-state index contributed by atoms with van der Waals surface area (Å²) in [6.45, 7) is 3.68. The summed E-state index contributed by atoms with van der Waals surface area (Å²) in [5.74, 6) is 1.68. The monoisotopic (exact) mass is 336 g/mol. The third-order valence-electron chi connectivity index (χ3n) is 3.87. The van der Waals surface area contributed by atoms with Crippen LogP contribution >= 0.6 is 23.4 Å². The Labute approximate surface area is 138 Å². The molecule has 4 nitrogen and oxygen atoms in total. The summed E-state index contributed by atoms with van der Waals surface area (Å²) >= 11 is 7.90. The van der Waals surface area contributed by atoms with Crippen molar-refractivity contribution in [2.24, 2.45) is 0 Å². The molecule has 0 unspecified atom stereocenters. The zero-order valence-electron chi connectivity index (χ0n) is 12.5. The second-order valence-corrected chi connectivity index (χ2v) is 6.99. The zero-order chi connectivity index (χ0) is 15.7. The zero-order valence-corrected chi connectivity index (χ0v) is 14.1. The molecule has 0 fully saturated rings. The lowest BCUT2D eigenvalue weighted by atomic mass is 10.0. The van der Waals surface area contributed by atoms with Gasteiger partial charge in [0.1, 0.15) is 5.76 Å². The number of aryl methyl sites for hydroxylation is 2. The predicted molar refractivity (Wildman–Crippen MR) is 87.4 cm³/mol. The van der Waals surface area contributed by atoms with Gasteiger partial charge in [-0.1, -0.05) is 16.8 Å². The lowest BCUT2D eigenvalue weighted by molar-refractivity contribution is -0.121. The number of rotatable bonds is 3. The Kier molecular flexibility index (Phi) is 4.45. The topological polar surface area (TPSA) is 55.1 Å². The van der Waals surface area contributed by atoms with Gasteiger partial charge in [0.2, 0.25) is 5.91 Å². The molecule has 1 aliphatic heterocycles. The van der Waals surface area contributed by atoms with E-state index in [2.05, 4.69) is 10.5 Å². The van der Waals surface area contributed by atoms with Gasteiger partial charge in [-0.25, -0.2) is 0 Å². The van der Waals surface area contributed by atoms with Crippen molar-refractivity contribution >= 4 is 29.3 Å². The van der Waals surface area contributed by atoms with Gasteiger partial charge in [-0.3, -0.25) is 4.79 Å². The van der Waals surface area contributed by atoms with Crippen molar-refractivity contribution in [3.05, 3.63) is 45.8 Å². The minimum Gasteiger partial charge on any atom is -0.361 e. The molecule has 6 heteroatoms. The molecule has 1 aromatic carbocycles. The lowest BCUT2D eigenvalue weighted by Gasteiger charge is -2.26. The molecule has 0 saturated heterocycles. The second kappa shape index (κ2) is 6.34. The number of fused-ring (bicyclic) bond motifs is 1. The van der Waals surface area contributed by atoms with Crippen LogP contribution in [0.2, 0.25) is 5.02 Å². The highest BCUT2D eigenvalue weighted by Gasteiger charge is 2.23. The van der Waals surface area contributed by atoms with Crippen LogP contribution in [0.5, 0.6) is 0 Å². The number of carbonyl (C=O) groups excluding carboxylic acids is 1. The summed E-state index contributed by atoms with van der Waals surface area (Å²) in [5.41, 5.74) is 2.75. The van der Waals surface area contributed by atoms with Crippen LogP contribution in [0.3, 0.4) is 0 Å². The number of hydrogen-bond acceptors (Lipinski definition) is 4. The van der Waals surface area contributed by atoms with E-state index in [9.17, 15) is 4.79 Å². The molecule has 1 aliphatic rings. The summed E-state index contributed by atoms with van der Waals surface area (Å²) in [6.07, 6.45) is 1.20. The van der Waals surface area contributed by atoms with Gasteiger partial charge in [-0.2, -0.15) is 0 Å². The first kappa shape index (κ1) is 15.4. The fourth-order valence-electron chi connectivity index (χ4n) is 2.68. The molecular formula is C16H17ClN2O2S. The van der Waals surface area contributed by atoms with E-state index in [1.165, 1.54) is 4.90 Å². The maximum atomic E-state index is 12.4. The maximum Gasteiger partial charge on any atom is 0.225 e. The van der Waals surface area contributed by atoms with Gasteiger partial charge in [-0.15, -0.1) is 11.8 Å². The SMILES string of the molecule is Cc1noc(C)c1CC(=O)N[C@H]1CCSc2ccc(Cl)cc21. The molecule has 3 rings (SSSR count). The molecule has 2 aromatic rings. The number of hydrogen-bond donors (Lipinski definition) is 1. The number of nitrogens with one attached hydrogen (secondary N) is 1. The summed E-state index contributed by atoms with van der Waals surface area (Å²) in [5, 5.41) is 7.70. The van der Waals surface area contributed by atoms with Crippen molar-refractivity contribution in [1.82, 2.24) is 10.5 Å². The van der Waals surface area contributed by atoms with E-state index in [0.717, 1.165) is 29.0 Å². The molecule has 0 bridgehead atoms. The van der Waals surface area contributed by atoms with Gasteiger partial charge in [0, 0.05) is 21.2 Å². The number of halogens is 1. The molecule has 2 heterocycles. The van der Waals surface area contributed by atoms with Gasteiger partial charge < -0.3 is 9.84 Å². The number of amides is 1. The van der Waals surface area contributed by atoms with Crippen molar-refractivity contribution in [3.8, 4) is 0 Å². The average molecular weight is 337 g/mol. The largest absolute Gasteiger partial charge is 0.361 e. The van der Waals surface area contributed by atoms with Crippen LogP contribution in [0.4, 0.5) is 0 Å². The highest BCUT2D eigenvalue weighted by atomic mass is 35.5. The summed E-state index contributed by atoms with van der Waals surface area (Å²) in [6, 6.07) is 5.88. The van der Waals surface area contributed by atoms with Crippen molar-refractivity contribution in [2.75, 3.05) is 5.75 Å². The molecule has 1 N–H and O–H groups in total. The first-order chi connectivity index (χ1) is 10.5. The standard InChI is InChI=1S/C16H17ClN2O2S/c1-9-12(10(2)21-19-9)8-16(20)18-14-5-6-22-15-4-3-11(17)7-13(14)15/h3-4,7,14H,5-6,8H2,1-2H3,(H,18,20)/t14-/m0/s1. The second-order valence-electron chi connectivity index (χ2n) is 5.42. The van der Waals surface area contributed by atoms with E-state index in [1.54, 1.807) is 11.8 Å². The van der Waals surface area contributed by atoms with E-state index in [4.69, 9.17) is 16.1 Å². The first-order valence-electron chi connectivity index (χ1n) is 7.18. The Morgan fingerprint density at radius 3 is 3.05 bits per heavy atom. The van der Waals surface area contributed by atoms with Crippen LogP contribution in [0.15, 0.2) is 27.6 Å². The fourth-order valence-corrected chi connectivity index (χ4v) is 3.96. The van der Waals surface area contributed by atoms with E-state index in [0.29, 0.717) is 17.2 Å². The van der Waals surface area contributed by atoms with Crippen LogP contribution in [-0.2, 0) is 11.2 Å². The van der Waals surface area contributed by atoms with Gasteiger partial charge >= 0.3 is 0 Å². The highest BCUT2D eigenvalue weighted by Crippen LogP contribution is 2.37. The molecule has 0 spiro atoms. The molecule has 0 radical (unpaired) electrons. The molecule has 1 amide bonds. The Hall–Kier alpha value is -1.46. The van der Waals surface area contributed by atoms with E-state index < -0.39 is 0 Å². The molecule has 116 valence electrons. The predicted octanol–water partition coefficient (Wildman–Crippen LogP) is 3.84. The van der Waals surface area contributed by atoms with Gasteiger partial charge in [0.05, 0.1) is 18.2 Å². The third kappa shape index (κ3) is 3.15. The summed E-state index contributed by atoms with van der Waals surface area (Å²) in [7, 11) is 0. The van der Waals surface area contributed by atoms with E-state index >= 15 is 0 Å². The Morgan fingerprint density at radius 2 is 2.32 bits per heavy atom. The molecule has 1 aromatic heterocycles. The normalized spacial score (nSPS) is 17.1. The van der Waals surface area contributed by atoms with Crippen molar-refractivity contribution in [1.29, 1.82) is 0 Å². The average Bonchev–Trinajstić information content (AvgIpc) is 2.80. The third-order valence-corrected chi connectivity index (χ3v) is 5.22. The summed E-state index contributed by atoms with van der Waals surface area (Å²) in [4.78, 5) is 13.6. The number of thioether (sulfide) groups is 1. The number of nitrogens with zero attached hydrogens (tertiary/aromatic N) is 1. The maximum absolute atomic E-state index is 12.4. The van der Waals surface area contributed by atoms with Gasteiger partial charge in [0.15, 0.2) is 0 Å². The Bertz CT molecular complexity index is 695.